The van der Waals surface area contributed by atoms with Crippen LogP contribution in [0.15, 0.2) is 41.6 Å². The predicted molar refractivity (Wildman–Crippen MR) is 101 cm³/mol. The SMILES string of the molecule is C1=C(c2ccccc2)CCC1.C=NOCCN1CCCC(C(=O)O)C1. The topological polar surface area (TPSA) is 62.1 Å². The molecule has 1 unspecified atom stereocenters. The molecular formula is C20H28N2O3. The van der Waals surface area contributed by atoms with Gasteiger partial charge in [-0.2, -0.15) is 0 Å². The Morgan fingerprint density at radius 3 is 2.76 bits per heavy atom. The van der Waals surface area contributed by atoms with E-state index in [9.17, 15) is 4.79 Å². The molecule has 0 saturated carbocycles. The van der Waals surface area contributed by atoms with Crippen LogP contribution in [0.2, 0.25) is 0 Å². The highest BCUT2D eigenvalue weighted by Gasteiger charge is 2.24. The minimum atomic E-state index is -0.697. The zero-order valence-corrected chi connectivity index (χ0v) is 14.8. The molecule has 1 aromatic rings. The van der Waals surface area contributed by atoms with E-state index in [-0.39, 0.29) is 5.92 Å². The van der Waals surface area contributed by atoms with Gasteiger partial charge in [-0.05, 0) is 49.8 Å². The molecule has 1 heterocycles. The minimum absolute atomic E-state index is 0.222. The molecule has 5 heteroatoms. The maximum absolute atomic E-state index is 10.7. The van der Waals surface area contributed by atoms with Crippen LogP contribution in [-0.4, -0.2) is 48.9 Å². The highest BCUT2D eigenvalue weighted by Crippen LogP contribution is 2.26. The number of hydrogen-bond acceptors (Lipinski definition) is 4. The van der Waals surface area contributed by atoms with Gasteiger partial charge in [0.2, 0.25) is 0 Å². The summed E-state index contributed by atoms with van der Waals surface area (Å²) >= 11 is 0. The minimum Gasteiger partial charge on any atom is -0.481 e. The van der Waals surface area contributed by atoms with E-state index in [0.717, 1.165) is 25.9 Å². The van der Waals surface area contributed by atoms with E-state index in [1.165, 1.54) is 30.4 Å². The average Bonchev–Trinajstić information content (AvgIpc) is 3.18. The second-order valence-electron chi connectivity index (χ2n) is 6.43. The van der Waals surface area contributed by atoms with Crippen molar-refractivity contribution in [1.29, 1.82) is 0 Å². The molecular weight excluding hydrogens is 316 g/mol. The quantitative estimate of drug-likeness (QED) is 0.486. The van der Waals surface area contributed by atoms with Crippen LogP contribution in [0.1, 0.15) is 37.7 Å². The van der Waals surface area contributed by atoms with Crippen LogP contribution in [-0.2, 0) is 9.63 Å². The van der Waals surface area contributed by atoms with Crippen LogP contribution in [0.4, 0.5) is 0 Å². The fourth-order valence-corrected chi connectivity index (χ4v) is 3.28. The van der Waals surface area contributed by atoms with Crippen molar-refractivity contribution in [3.63, 3.8) is 0 Å². The van der Waals surface area contributed by atoms with Crippen LogP contribution in [0.25, 0.3) is 5.57 Å². The molecule has 3 rings (SSSR count). The molecule has 1 N–H and O–H groups in total. The first-order valence-electron chi connectivity index (χ1n) is 8.98. The first kappa shape index (κ1) is 19.2. The summed E-state index contributed by atoms with van der Waals surface area (Å²) < 4.78 is 0. The summed E-state index contributed by atoms with van der Waals surface area (Å²) in [6.45, 7) is 5.98. The number of rotatable bonds is 6. The first-order valence-corrected chi connectivity index (χ1v) is 8.98. The molecule has 1 aliphatic heterocycles. The number of carboxylic acids is 1. The van der Waals surface area contributed by atoms with Crippen molar-refractivity contribution < 1.29 is 14.7 Å². The highest BCUT2D eigenvalue weighted by atomic mass is 16.6. The number of piperidine rings is 1. The third-order valence-electron chi connectivity index (χ3n) is 4.63. The lowest BCUT2D eigenvalue weighted by molar-refractivity contribution is -0.143. The molecule has 5 nitrogen and oxygen atoms in total. The monoisotopic (exact) mass is 344 g/mol. The van der Waals surface area contributed by atoms with Crippen molar-refractivity contribution in [3.8, 4) is 0 Å². The van der Waals surface area contributed by atoms with Crippen LogP contribution in [0.3, 0.4) is 0 Å². The smallest absolute Gasteiger partial charge is 0.307 e. The number of nitrogens with zero attached hydrogens (tertiary/aromatic N) is 2. The molecule has 2 aliphatic rings. The molecule has 136 valence electrons. The van der Waals surface area contributed by atoms with Gasteiger partial charge < -0.3 is 9.94 Å². The predicted octanol–water partition coefficient (Wildman–Crippen LogP) is 3.67. The number of likely N-dealkylation sites (tertiary alicyclic amines) is 1. The van der Waals surface area contributed by atoms with E-state index >= 15 is 0 Å². The second kappa shape index (κ2) is 10.7. The summed E-state index contributed by atoms with van der Waals surface area (Å²) in [5.41, 5.74) is 2.94. The number of allylic oxidation sites excluding steroid dienone is 2. The Morgan fingerprint density at radius 1 is 1.32 bits per heavy atom. The van der Waals surface area contributed by atoms with Crippen molar-refractivity contribution in [2.24, 2.45) is 11.1 Å². The lowest BCUT2D eigenvalue weighted by atomic mass is 9.98. The van der Waals surface area contributed by atoms with Gasteiger partial charge in [0.25, 0.3) is 0 Å². The maximum Gasteiger partial charge on any atom is 0.307 e. The van der Waals surface area contributed by atoms with Crippen LogP contribution in [0, 0.1) is 5.92 Å². The van der Waals surface area contributed by atoms with Gasteiger partial charge in [-0.3, -0.25) is 9.69 Å². The summed E-state index contributed by atoms with van der Waals surface area (Å²) in [6, 6.07) is 10.7. The molecule has 0 spiro atoms. The Balaban J connectivity index is 0.000000185. The van der Waals surface area contributed by atoms with Gasteiger partial charge in [-0.15, -0.1) is 5.16 Å². The molecule has 0 radical (unpaired) electrons. The molecule has 1 fully saturated rings. The lowest BCUT2D eigenvalue weighted by Crippen LogP contribution is -2.40. The van der Waals surface area contributed by atoms with E-state index in [2.05, 4.69) is 53.2 Å². The molecule has 1 aliphatic carbocycles. The van der Waals surface area contributed by atoms with E-state index in [4.69, 9.17) is 9.94 Å². The van der Waals surface area contributed by atoms with Crippen LogP contribution in [0.5, 0.6) is 0 Å². The Bertz CT molecular complexity index is 572. The average molecular weight is 344 g/mol. The number of carboxylic acid groups (broad SMARTS) is 1. The third kappa shape index (κ3) is 6.70. The number of benzene rings is 1. The second-order valence-corrected chi connectivity index (χ2v) is 6.43. The fraction of sp³-hybridized carbons (Fsp3) is 0.500. The zero-order chi connectivity index (χ0) is 17.9. The van der Waals surface area contributed by atoms with Gasteiger partial charge >= 0.3 is 5.97 Å². The van der Waals surface area contributed by atoms with Gasteiger partial charge in [0.15, 0.2) is 0 Å². The Hall–Kier alpha value is -2.14. The molecule has 0 bridgehead atoms. The van der Waals surface area contributed by atoms with Gasteiger partial charge in [-0.25, -0.2) is 0 Å². The van der Waals surface area contributed by atoms with E-state index in [0.29, 0.717) is 13.2 Å². The third-order valence-corrected chi connectivity index (χ3v) is 4.63. The van der Waals surface area contributed by atoms with Crippen molar-refractivity contribution in [3.05, 3.63) is 42.0 Å². The van der Waals surface area contributed by atoms with E-state index in [1.54, 1.807) is 0 Å². The Labute approximate surface area is 150 Å². The van der Waals surface area contributed by atoms with Gasteiger partial charge in [-0.1, -0.05) is 36.4 Å². The summed E-state index contributed by atoms with van der Waals surface area (Å²) in [4.78, 5) is 17.6. The van der Waals surface area contributed by atoms with Crippen LogP contribution >= 0.6 is 0 Å². The molecule has 0 amide bonds. The van der Waals surface area contributed by atoms with Crippen molar-refractivity contribution in [2.75, 3.05) is 26.2 Å². The van der Waals surface area contributed by atoms with E-state index < -0.39 is 5.97 Å². The fourth-order valence-electron chi connectivity index (χ4n) is 3.28. The number of aliphatic carboxylic acids is 1. The summed E-state index contributed by atoms with van der Waals surface area (Å²) in [6.07, 6.45) is 7.96. The van der Waals surface area contributed by atoms with Crippen molar-refractivity contribution >= 4 is 18.3 Å². The summed E-state index contributed by atoms with van der Waals surface area (Å²) in [5.74, 6) is -0.919. The zero-order valence-electron chi connectivity index (χ0n) is 14.8. The number of carbonyl (C=O) groups is 1. The van der Waals surface area contributed by atoms with Crippen molar-refractivity contribution in [2.45, 2.75) is 32.1 Å². The lowest BCUT2D eigenvalue weighted by Gasteiger charge is -2.29. The summed E-state index contributed by atoms with van der Waals surface area (Å²) in [5, 5.41) is 12.1. The first-order chi connectivity index (χ1) is 12.2. The van der Waals surface area contributed by atoms with Gasteiger partial charge in [0.1, 0.15) is 6.61 Å². The van der Waals surface area contributed by atoms with Crippen LogP contribution < -0.4 is 0 Å². The molecule has 1 saturated heterocycles. The summed E-state index contributed by atoms with van der Waals surface area (Å²) in [7, 11) is 0. The Morgan fingerprint density at radius 2 is 2.12 bits per heavy atom. The molecule has 25 heavy (non-hydrogen) atoms. The largest absolute Gasteiger partial charge is 0.481 e. The standard InChI is InChI=1S/C11H12.C9H16N2O3/c1-2-6-10(7-3-1)11-8-4-5-9-11;1-10-14-6-5-11-4-2-3-8(7-11)9(12)13/h1-3,6-8H,4-5,9H2;8H,1-7H2,(H,12,13). The molecule has 0 aromatic heterocycles. The maximum atomic E-state index is 10.7. The van der Waals surface area contributed by atoms with Gasteiger partial charge in [0, 0.05) is 19.8 Å². The molecule has 1 aromatic carbocycles. The normalized spacial score (nSPS) is 20.2. The Kier molecular flexibility index (Phi) is 8.19. The van der Waals surface area contributed by atoms with E-state index in [1.807, 2.05) is 0 Å². The highest BCUT2D eigenvalue weighted by molar-refractivity contribution is 5.70. The van der Waals surface area contributed by atoms with Gasteiger partial charge in [0.05, 0.1) is 5.92 Å². The van der Waals surface area contributed by atoms with Crippen molar-refractivity contribution in [1.82, 2.24) is 4.90 Å². The molecule has 1 atom stereocenters. The number of hydrogen-bond donors (Lipinski definition) is 1. The number of oxime groups is 1.